The van der Waals surface area contributed by atoms with Gasteiger partial charge in [-0.15, -0.1) is 0 Å². The zero-order valence-corrected chi connectivity index (χ0v) is 12.9. The minimum atomic E-state index is -0.334. The predicted molar refractivity (Wildman–Crippen MR) is 84.4 cm³/mol. The second-order valence-electron chi connectivity index (χ2n) is 4.88. The first-order valence-corrected chi connectivity index (χ1v) is 7.12. The highest BCUT2D eigenvalue weighted by molar-refractivity contribution is 5.96. The molecular formula is C15H25N3O3. The van der Waals surface area contributed by atoms with Crippen molar-refractivity contribution in [3.05, 3.63) is 18.2 Å². The van der Waals surface area contributed by atoms with Crippen LogP contribution >= 0.6 is 0 Å². The van der Waals surface area contributed by atoms with Crippen molar-refractivity contribution in [1.29, 1.82) is 0 Å². The maximum absolute atomic E-state index is 12.3. The fourth-order valence-electron chi connectivity index (χ4n) is 2.13. The summed E-state index contributed by atoms with van der Waals surface area (Å²) in [4.78, 5) is 14.3. The number of anilines is 2. The number of aliphatic hydroxyl groups is 1. The summed E-state index contributed by atoms with van der Waals surface area (Å²) in [6, 6.07) is 4.76. The first-order valence-electron chi connectivity index (χ1n) is 7.12. The minimum absolute atomic E-state index is 0.0306. The van der Waals surface area contributed by atoms with Crippen molar-refractivity contribution in [1.82, 2.24) is 4.90 Å². The van der Waals surface area contributed by atoms with Crippen LogP contribution in [0.3, 0.4) is 0 Å². The van der Waals surface area contributed by atoms with Gasteiger partial charge in [0.15, 0.2) is 0 Å². The quantitative estimate of drug-likeness (QED) is 0.629. The van der Waals surface area contributed by atoms with Crippen molar-refractivity contribution in [2.24, 2.45) is 0 Å². The van der Waals surface area contributed by atoms with Crippen LogP contribution in [0.5, 0.6) is 5.75 Å². The summed E-state index contributed by atoms with van der Waals surface area (Å²) in [6.45, 7) is 5.13. The fourth-order valence-corrected chi connectivity index (χ4v) is 2.13. The topological polar surface area (TPSA) is 87.8 Å². The number of carbonyl (C=O) groups is 1. The standard InChI is InChI=1S/C15H25N3O3/c1-4-7-18(8-9-19)11(2)15(20)17-13-6-5-12(16)10-14(13)21-3/h5-6,10-11,19H,4,7-9,16H2,1-3H3,(H,17,20). The summed E-state index contributed by atoms with van der Waals surface area (Å²) in [5.41, 5.74) is 6.85. The van der Waals surface area contributed by atoms with Crippen LogP contribution < -0.4 is 15.8 Å². The lowest BCUT2D eigenvalue weighted by atomic mass is 10.2. The molecule has 1 aromatic rings. The Kier molecular flexibility index (Phi) is 6.98. The number of aliphatic hydroxyl groups excluding tert-OH is 1. The molecule has 0 fully saturated rings. The number of nitrogens with one attached hydrogen (secondary N) is 1. The predicted octanol–water partition coefficient (Wildman–Crippen LogP) is 1.31. The largest absolute Gasteiger partial charge is 0.494 e. The van der Waals surface area contributed by atoms with Crippen molar-refractivity contribution in [3.63, 3.8) is 0 Å². The van der Waals surface area contributed by atoms with Gasteiger partial charge in [-0.3, -0.25) is 9.69 Å². The number of nitrogen functional groups attached to an aromatic ring is 1. The number of carbonyl (C=O) groups excluding carboxylic acids is 1. The minimum Gasteiger partial charge on any atom is -0.494 e. The Hall–Kier alpha value is -1.79. The second-order valence-corrected chi connectivity index (χ2v) is 4.88. The average Bonchev–Trinajstić information content (AvgIpc) is 2.47. The van der Waals surface area contributed by atoms with E-state index >= 15 is 0 Å². The van der Waals surface area contributed by atoms with E-state index in [0.29, 0.717) is 23.7 Å². The number of methoxy groups -OCH3 is 1. The summed E-state index contributed by atoms with van der Waals surface area (Å²) < 4.78 is 5.21. The molecule has 1 unspecified atom stereocenters. The number of ether oxygens (including phenoxy) is 1. The first-order chi connectivity index (χ1) is 10.0. The van der Waals surface area contributed by atoms with E-state index in [1.54, 1.807) is 18.2 Å². The smallest absolute Gasteiger partial charge is 0.241 e. The molecule has 0 radical (unpaired) electrons. The zero-order valence-electron chi connectivity index (χ0n) is 12.9. The summed E-state index contributed by atoms with van der Waals surface area (Å²) in [5, 5.41) is 11.9. The molecule has 21 heavy (non-hydrogen) atoms. The van der Waals surface area contributed by atoms with Crippen LogP contribution in [-0.2, 0) is 4.79 Å². The molecule has 6 nitrogen and oxygen atoms in total. The number of hydrogen-bond donors (Lipinski definition) is 3. The molecule has 1 atom stereocenters. The van der Waals surface area contributed by atoms with Crippen molar-refractivity contribution in [3.8, 4) is 5.75 Å². The third-order valence-corrected chi connectivity index (χ3v) is 3.31. The number of nitrogens with two attached hydrogens (primary N) is 1. The van der Waals surface area contributed by atoms with E-state index < -0.39 is 0 Å². The Bertz CT molecular complexity index is 459. The van der Waals surface area contributed by atoms with Crippen molar-refractivity contribution in [2.45, 2.75) is 26.3 Å². The van der Waals surface area contributed by atoms with E-state index in [2.05, 4.69) is 5.32 Å². The molecule has 0 bridgehead atoms. The number of rotatable bonds is 8. The lowest BCUT2D eigenvalue weighted by molar-refractivity contribution is -0.120. The molecular weight excluding hydrogens is 270 g/mol. The molecule has 0 spiro atoms. The number of hydrogen-bond acceptors (Lipinski definition) is 5. The second kappa shape index (κ2) is 8.49. The number of nitrogens with zero attached hydrogens (tertiary/aromatic N) is 1. The highest BCUT2D eigenvalue weighted by Gasteiger charge is 2.21. The van der Waals surface area contributed by atoms with Gasteiger partial charge in [0, 0.05) is 18.3 Å². The third-order valence-electron chi connectivity index (χ3n) is 3.31. The van der Waals surface area contributed by atoms with Gasteiger partial charge in [-0.05, 0) is 32.0 Å². The van der Waals surface area contributed by atoms with Crippen LogP contribution in [0.2, 0.25) is 0 Å². The van der Waals surface area contributed by atoms with E-state index in [1.165, 1.54) is 7.11 Å². The Balaban J connectivity index is 2.79. The van der Waals surface area contributed by atoms with Crippen molar-refractivity contribution >= 4 is 17.3 Å². The Morgan fingerprint density at radius 1 is 1.48 bits per heavy atom. The molecule has 0 saturated carbocycles. The Morgan fingerprint density at radius 3 is 2.76 bits per heavy atom. The van der Waals surface area contributed by atoms with Gasteiger partial charge in [-0.2, -0.15) is 0 Å². The Labute approximate surface area is 125 Å². The van der Waals surface area contributed by atoms with Crippen LogP contribution in [0.25, 0.3) is 0 Å². The molecule has 1 aromatic carbocycles. The molecule has 0 aromatic heterocycles. The molecule has 1 amide bonds. The zero-order chi connectivity index (χ0) is 15.8. The van der Waals surface area contributed by atoms with Crippen LogP contribution in [0.15, 0.2) is 18.2 Å². The van der Waals surface area contributed by atoms with Crippen LogP contribution in [0, 0.1) is 0 Å². The average molecular weight is 295 g/mol. The molecule has 1 rings (SSSR count). The van der Waals surface area contributed by atoms with Gasteiger partial charge < -0.3 is 20.9 Å². The van der Waals surface area contributed by atoms with Gasteiger partial charge in [-0.1, -0.05) is 6.92 Å². The van der Waals surface area contributed by atoms with Gasteiger partial charge in [0.1, 0.15) is 5.75 Å². The summed E-state index contributed by atoms with van der Waals surface area (Å²) in [7, 11) is 1.53. The molecule has 0 aliphatic heterocycles. The van der Waals surface area contributed by atoms with E-state index in [-0.39, 0.29) is 18.6 Å². The van der Waals surface area contributed by atoms with Crippen LogP contribution in [0.4, 0.5) is 11.4 Å². The van der Waals surface area contributed by atoms with E-state index in [0.717, 1.165) is 13.0 Å². The Morgan fingerprint density at radius 2 is 2.19 bits per heavy atom. The number of benzene rings is 1. The highest BCUT2D eigenvalue weighted by Crippen LogP contribution is 2.26. The van der Waals surface area contributed by atoms with Crippen LogP contribution in [-0.4, -0.2) is 48.8 Å². The molecule has 0 aliphatic rings. The molecule has 4 N–H and O–H groups in total. The van der Waals surface area contributed by atoms with Gasteiger partial charge in [-0.25, -0.2) is 0 Å². The fraction of sp³-hybridized carbons (Fsp3) is 0.533. The van der Waals surface area contributed by atoms with Gasteiger partial charge >= 0.3 is 0 Å². The summed E-state index contributed by atoms with van der Waals surface area (Å²) in [6.07, 6.45) is 0.919. The third kappa shape index (κ3) is 4.91. The molecule has 0 aliphatic carbocycles. The normalized spacial score (nSPS) is 12.2. The lowest BCUT2D eigenvalue weighted by Gasteiger charge is -2.27. The van der Waals surface area contributed by atoms with Crippen molar-refractivity contribution in [2.75, 3.05) is 37.9 Å². The van der Waals surface area contributed by atoms with Crippen molar-refractivity contribution < 1.29 is 14.6 Å². The van der Waals surface area contributed by atoms with Crippen LogP contribution in [0.1, 0.15) is 20.3 Å². The van der Waals surface area contributed by atoms with E-state index in [4.69, 9.17) is 15.6 Å². The van der Waals surface area contributed by atoms with E-state index in [9.17, 15) is 4.79 Å². The maximum atomic E-state index is 12.3. The molecule has 6 heteroatoms. The highest BCUT2D eigenvalue weighted by atomic mass is 16.5. The molecule has 0 heterocycles. The first kappa shape index (κ1) is 17.3. The maximum Gasteiger partial charge on any atom is 0.241 e. The van der Waals surface area contributed by atoms with Gasteiger partial charge in [0.25, 0.3) is 0 Å². The summed E-state index contributed by atoms with van der Waals surface area (Å²) in [5.74, 6) is 0.389. The van der Waals surface area contributed by atoms with Gasteiger partial charge in [0.05, 0.1) is 25.4 Å². The number of amides is 1. The van der Waals surface area contributed by atoms with E-state index in [1.807, 2.05) is 18.7 Å². The molecule has 118 valence electrons. The SMILES string of the molecule is CCCN(CCO)C(C)C(=O)Nc1ccc(N)cc1OC. The molecule has 0 saturated heterocycles. The summed E-state index contributed by atoms with van der Waals surface area (Å²) >= 11 is 0. The monoisotopic (exact) mass is 295 g/mol. The van der Waals surface area contributed by atoms with Gasteiger partial charge in [0.2, 0.25) is 5.91 Å². The lowest BCUT2D eigenvalue weighted by Crippen LogP contribution is -2.43.